The first-order valence-electron chi connectivity index (χ1n) is 10.5. The molecule has 1 aliphatic rings. The summed E-state index contributed by atoms with van der Waals surface area (Å²) in [4.78, 5) is 25.3. The number of hydrogen-bond acceptors (Lipinski definition) is 2. The summed E-state index contributed by atoms with van der Waals surface area (Å²) < 4.78 is 2.25. The van der Waals surface area contributed by atoms with E-state index in [1.54, 1.807) is 30.3 Å². The average Bonchev–Trinajstić information content (AvgIpc) is 3.30. The van der Waals surface area contributed by atoms with E-state index in [1.165, 1.54) is 0 Å². The second-order valence-electron chi connectivity index (χ2n) is 7.83. The molecule has 1 heterocycles. The molecule has 1 aliphatic carbocycles. The largest absolute Gasteiger partial charge is 0.309 e. The van der Waals surface area contributed by atoms with Crippen LogP contribution >= 0.6 is 0 Å². The van der Waals surface area contributed by atoms with Gasteiger partial charge in [0.2, 0.25) is 11.6 Å². The number of benzene rings is 4. The first kappa shape index (κ1) is 18.3. The lowest BCUT2D eigenvalue weighted by atomic mass is 10.1. The van der Waals surface area contributed by atoms with Gasteiger partial charge in [-0.2, -0.15) is 0 Å². The minimum absolute atomic E-state index is 0.0954. The molecule has 0 amide bonds. The Labute approximate surface area is 184 Å². The highest BCUT2D eigenvalue weighted by molar-refractivity contribution is 6.39. The van der Waals surface area contributed by atoms with Crippen LogP contribution in [0.25, 0.3) is 33.6 Å². The number of Topliss-reactive ketones (excluding diaryl/α,β-unsaturated/α-hetero) is 2. The third kappa shape index (κ3) is 2.70. The molecular formula is C29H17NO2. The molecule has 0 N–H and O–H groups in total. The van der Waals surface area contributed by atoms with E-state index in [0.717, 1.165) is 33.1 Å². The molecule has 1 aromatic heterocycles. The van der Waals surface area contributed by atoms with Crippen LogP contribution in [0, 0.1) is 0 Å². The lowest BCUT2D eigenvalue weighted by Crippen LogP contribution is -1.98. The molecule has 0 radical (unpaired) electrons. The number of allylic oxidation sites excluding steroid dienone is 1. The van der Waals surface area contributed by atoms with E-state index in [9.17, 15) is 9.59 Å². The highest BCUT2D eigenvalue weighted by Crippen LogP contribution is 2.33. The lowest BCUT2D eigenvalue weighted by molar-refractivity contribution is 0.0989. The molecule has 3 nitrogen and oxygen atoms in total. The molecule has 0 fully saturated rings. The molecule has 3 heteroatoms. The van der Waals surface area contributed by atoms with Gasteiger partial charge in [-0.1, -0.05) is 66.7 Å². The summed E-state index contributed by atoms with van der Waals surface area (Å²) in [6.07, 6.45) is 1.73. The quantitative estimate of drug-likeness (QED) is 0.191. The van der Waals surface area contributed by atoms with Gasteiger partial charge in [0.25, 0.3) is 0 Å². The number of rotatable bonds is 2. The van der Waals surface area contributed by atoms with Crippen LogP contribution in [0.2, 0.25) is 0 Å². The zero-order chi connectivity index (χ0) is 21.7. The first-order chi connectivity index (χ1) is 15.7. The van der Waals surface area contributed by atoms with Gasteiger partial charge in [0, 0.05) is 27.6 Å². The molecule has 0 atom stereocenters. The zero-order valence-electron chi connectivity index (χ0n) is 17.1. The van der Waals surface area contributed by atoms with E-state index in [4.69, 9.17) is 0 Å². The summed E-state index contributed by atoms with van der Waals surface area (Å²) >= 11 is 0. The summed E-state index contributed by atoms with van der Waals surface area (Å²) in [7, 11) is 0. The van der Waals surface area contributed by atoms with Gasteiger partial charge in [-0.3, -0.25) is 9.59 Å². The van der Waals surface area contributed by atoms with Crippen molar-refractivity contribution in [1.82, 2.24) is 4.57 Å². The third-order valence-corrected chi connectivity index (χ3v) is 5.96. The molecule has 0 aliphatic heterocycles. The minimum atomic E-state index is -0.261. The van der Waals surface area contributed by atoms with Crippen molar-refractivity contribution in [2.75, 3.05) is 0 Å². The normalized spacial score (nSPS) is 12.9. The average molecular weight is 411 g/mol. The van der Waals surface area contributed by atoms with Crippen LogP contribution in [0.3, 0.4) is 0 Å². The molecule has 32 heavy (non-hydrogen) atoms. The molecular weight excluding hydrogens is 394 g/mol. The molecule has 0 saturated heterocycles. The highest BCUT2D eigenvalue weighted by Gasteiger charge is 2.32. The number of aromatic nitrogens is 1. The maximum absolute atomic E-state index is 12.6. The molecule has 6 rings (SSSR count). The minimum Gasteiger partial charge on any atom is -0.309 e. The highest BCUT2D eigenvalue weighted by atomic mass is 16.2. The van der Waals surface area contributed by atoms with E-state index < -0.39 is 0 Å². The van der Waals surface area contributed by atoms with Crippen LogP contribution in [0.5, 0.6) is 0 Å². The predicted octanol–water partition coefficient (Wildman–Crippen LogP) is 6.40. The van der Waals surface area contributed by atoms with E-state index in [2.05, 4.69) is 46.7 Å². The summed E-state index contributed by atoms with van der Waals surface area (Å²) in [6.45, 7) is 0. The van der Waals surface area contributed by atoms with Gasteiger partial charge in [-0.25, -0.2) is 0 Å². The van der Waals surface area contributed by atoms with Crippen LogP contribution in [0.15, 0.2) is 108 Å². The van der Waals surface area contributed by atoms with E-state index in [-0.39, 0.29) is 17.1 Å². The van der Waals surface area contributed by atoms with Crippen molar-refractivity contribution in [3.63, 3.8) is 0 Å². The van der Waals surface area contributed by atoms with E-state index in [1.807, 2.05) is 36.4 Å². The summed E-state index contributed by atoms with van der Waals surface area (Å²) in [6, 6.07) is 31.7. The fraction of sp³-hybridized carbons (Fsp3) is 0. The number of hydrogen-bond donors (Lipinski definition) is 0. The molecule has 0 saturated carbocycles. The molecule has 0 unspecified atom stereocenters. The second kappa shape index (κ2) is 7.05. The number of ketones is 2. The van der Waals surface area contributed by atoms with Crippen molar-refractivity contribution in [3.8, 4) is 5.69 Å². The van der Waals surface area contributed by atoms with Crippen LogP contribution in [0.4, 0.5) is 0 Å². The van der Waals surface area contributed by atoms with Gasteiger partial charge in [0.1, 0.15) is 5.57 Å². The Morgan fingerprint density at radius 2 is 1.25 bits per heavy atom. The molecule has 0 spiro atoms. The molecule has 0 bridgehead atoms. The maximum atomic E-state index is 12.6. The van der Waals surface area contributed by atoms with Gasteiger partial charge in [0.05, 0.1) is 11.0 Å². The van der Waals surface area contributed by atoms with Crippen molar-refractivity contribution in [2.45, 2.75) is 0 Å². The van der Waals surface area contributed by atoms with Gasteiger partial charge in [0.15, 0.2) is 0 Å². The zero-order valence-corrected chi connectivity index (χ0v) is 17.1. The van der Waals surface area contributed by atoms with Crippen molar-refractivity contribution in [1.29, 1.82) is 0 Å². The summed E-state index contributed by atoms with van der Waals surface area (Å²) in [5.41, 5.74) is 8.20. The SMILES string of the molecule is O=C1C(=C=Cc2ccc3c(c2)c2ccccc2n3-c2ccccc2)C(=O)c2ccccc21. The Balaban J connectivity index is 1.52. The van der Waals surface area contributed by atoms with Gasteiger partial charge in [-0.05, 0) is 42.0 Å². The van der Waals surface area contributed by atoms with Crippen molar-refractivity contribution in [2.24, 2.45) is 0 Å². The van der Waals surface area contributed by atoms with Gasteiger partial charge in [-0.15, -0.1) is 5.73 Å². The predicted molar refractivity (Wildman–Crippen MR) is 127 cm³/mol. The fourth-order valence-corrected chi connectivity index (χ4v) is 4.47. The topological polar surface area (TPSA) is 39.1 Å². The Morgan fingerprint density at radius 1 is 0.625 bits per heavy atom. The number of nitrogens with zero attached hydrogens (tertiary/aromatic N) is 1. The summed E-state index contributed by atoms with van der Waals surface area (Å²) in [5.74, 6) is -0.521. The van der Waals surface area contributed by atoms with Crippen LogP contribution in [-0.2, 0) is 0 Å². The van der Waals surface area contributed by atoms with Gasteiger partial charge < -0.3 is 4.57 Å². The Kier molecular flexibility index (Phi) is 4.04. The lowest BCUT2D eigenvalue weighted by Gasteiger charge is -2.07. The Bertz CT molecular complexity index is 1590. The molecule has 150 valence electrons. The third-order valence-electron chi connectivity index (χ3n) is 5.96. The van der Waals surface area contributed by atoms with Crippen molar-refractivity contribution < 1.29 is 9.59 Å². The fourth-order valence-electron chi connectivity index (χ4n) is 4.47. The van der Waals surface area contributed by atoms with Gasteiger partial charge >= 0.3 is 0 Å². The van der Waals surface area contributed by atoms with Crippen molar-refractivity contribution in [3.05, 3.63) is 125 Å². The van der Waals surface area contributed by atoms with Crippen LogP contribution in [0.1, 0.15) is 26.3 Å². The smallest absolute Gasteiger partial charge is 0.205 e. The maximum Gasteiger partial charge on any atom is 0.205 e. The summed E-state index contributed by atoms with van der Waals surface area (Å²) in [5, 5.41) is 2.26. The Morgan fingerprint density at radius 3 is 2.00 bits per heavy atom. The number of carbonyl (C=O) groups excluding carboxylic acids is 2. The second-order valence-corrected chi connectivity index (χ2v) is 7.83. The van der Waals surface area contributed by atoms with Crippen molar-refractivity contribution >= 4 is 39.4 Å². The van der Waals surface area contributed by atoms with Crippen LogP contribution < -0.4 is 0 Å². The Hall–Kier alpha value is -4.46. The number of fused-ring (bicyclic) bond motifs is 4. The monoisotopic (exact) mass is 411 g/mol. The molecule has 4 aromatic carbocycles. The standard InChI is InChI=1S/C29H17NO2/c31-28-22-11-4-5-12-23(22)29(32)24(28)16-14-19-15-17-27-25(18-19)21-10-6-7-13-26(21)30(27)20-8-2-1-3-9-20/h1-15,17-18H. The van der Waals surface area contributed by atoms with Crippen LogP contribution in [-0.4, -0.2) is 16.1 Å². The first-order valence-corrected chi connectivity index (χ1v) is 10.5. The molecule has 5 aromatic rings. The number of para-hydroxylation sites is 2. The number of carbonyl (C=O) groups is 2. The van der Waals surface area contributed by atoms with E-state index in [0.29, 0.717) is 11.1 Å². The van der Waals surface area contributed by atoms with E-state index >= 15 is 0 Å².